The van der Waals surface area contributed by atoms with E-state index in [0.29, 0.717) is 18.2 Å². The Morgan fingerprint density at radius 1 is 1.09 bits per heavy atom. The van der Waals surface area contributed by atoms with Crippen LogP contribution in [0.15, 0.2) is 46.4 Å². The molecular weight excluding hydrogens is 466 g/mol. The lowest BCUT2D eigenvalue weighted by molar-refractivity contribution is -0.301. The van der Waals surface area contributed by atoms with E-state index < -0.39 is 47.3 Å². The Bertz CT molecular complexity index is 1090. The molecule has 0 radical (unpaired) electrons. The minimum absolute atomic E-state index is 0.165. The molecule has 12 heteroatoms. The van der Waals surface area contributed by atoms with E-state index in [-0.39, 0.29) is 11.4 Å². The maximum Gasteiger partial charge on any atom is 0.256 e. The molecule has 0 aliphatic carbocycles. The third kappa shape index (κ3) is 5.84. The Hall–Kier alpha value is -2.32. The van der Waals surface area contributed by atoms with Crippen molar-refractivity contribution in [3.05, 3.63) is 36.4 Å². The molecule has 1 aliphatic heterocycles. The van der Waals surface area contributed by atoms with Crippen LogP contribution in [0.5, 0.6) is 0 Å². The number of hydrogen-bond acceptors (Lipinski definition) is 10. The second-order valence-electron chi connectivity index (χ2n) is 8.15. The minimum atomic E-state index is -3.74. The number of benzene rings is 2. The van der Waals surface area contributed by atoms with Crippen LogP contribution in [0.25, 0.3) is 10.8 Å². The molecule has 0 unspecified atom stereocenters. The van der Waals surface area contributed by atoms with E-state index in [4.69, 9.17) is 14.7 Å². The zero-order valence-electron chi connectivity index (χ0n) is 19.0. The van der Waals surface area contributed by atoms with Crippen molar-refractivity contribution in [2.75, 3.05) is 32.1 Å². The Morgan fingerprint density at radius 2 is 1.79 bits per heavy atom. The predicted octanol–water partition coefficient (Wildman–Crippen LogP) is -0.233. The highest BCUT2D eigenvalue weighted by atomic mass is 32.2. The van der Waals surface area contributed by atoms with Gasteiger partial charge >= 0.3 is 0 Å². The maximum atomic E-state index is 12.9. The molecule has 5 atom stereocenters. The summed E-state index contributed by atoms with van der Waals surface area (Å²) in [5.41, 5.74) is 0.921. The predicted molar refractivity (Wildman–Crippen MR) is 126 cm³/mol. The van der Waals surface area contributed by atoms with E-state index in [1.54, 1.807) is 18.2 Å². The molecule has 11 nitrogen and oxygen atoms in total. The topological polar surface area (TPSA) is 161 Å². The highest BCUT2D eigenvalue weighted by molar-refractivity contribution is 7.89. The van der Waals surface area contributed by atoms with Crippen molar-refractivity contribution in [1.82, 2.24) is 4.72 Å². The average molecular weight is 498 g/mol. The number of aliphatic hydroxyl groups excluding tert-OH is 4. The van der Waals surface area contributed by atoms with Crippen LogP contribution < -0.4 is 9.62 Å². The summed E-state index contributed by atoms with van der Waals surface area (Å²) in [5.74, 6) is 0. The molecule has 0 spiro atoms. The fourth-order valence-electron chi connectivity index (χ4n) is 3.68. The Balaban J connectivity index is 1.52. The van der Waals surface area contributed by atoms with Crippen molar-refractivity contribution in [2.45, 2.75) is 48.4 Å². The number of sulfonamides is 1. The number of aliphatic hydroxyl groups is 4. The van der Waals surface area contributed by atoms with E-state index in [9.17, 15) is 23.7 Å². The van der Waals surface area contributed by atoms with E-state index in [0.717, 1.165) is 11.1 Å². The van der Waals surface area contributed by atoms with Gasteiger partial charge < -0.3 is 34.9 Å². The van der Waals surface area contributed by atoms with Crippen LogP contribution in [0.3, 0.4) is 0 Å². The summed E-state index contributed by atoms with van der Waals surface area (Å²) in [4.78, 5) is 7.14. The fourth-order valence-corrected chi connectivity index (χ4v) is 4.97. The maximum absolute atomic E-state index is 12.9. The first-order chi connectivity index (χ1) is 16.2. The highest BCUT2D eigenvalue weighted by Gasteiger charge is 2.44. The zero-order valence-corrected chi connectivity index (χ0v) is 19.8. The molecule has 1 saturated heterocycles. The van der Waals surface area contributed by atoms with Gasteiger partial charge in [-0.2, -0.15) is 0 Å². The number of nitrogens with zero attached hydrogens (tertiary/aromatic N) is 2. The van der Waals surface area contributed by atoms with Gasteiger partial charge in [0.15, 0.2) is 0 Å². The minimum Gasteiger partial charge on any atom is -0.394 e. The Kier molecular flexibility index (Phi) is 8.82. The Morgan fingerprint density at radius 3 is 2.50 bits per heavy atom. The number of fused-ring (bicyclic) bond motifs is 1. The van der Waals surface area contributed by atoms with Crippen LogP contribution in [0, 0.1) is 0 Å². The third-order valence-electron chi connectivity index (χ3n) is 5.52. The number of oxime groups is 1. The molecule has 0 bridgehead atoms. The second-order valence-corrected chi connectivity index (χ2v) is 9.89. The molecule has 0 amide bonds. The summed E-state index contributed by atoms with van der Waals surface area (Å²) in [6.07, 6.45) is -4.86. The normalized spacial score (nSPS) is 25.6. The van der Waals surface area contributed by atoms with E-state index >= 15 is 0 Å². The van der Waals surface area contributed by atoms with Crippen LogP contribution in [0.2, 0.25) is 0 Å². The Labute approximate surface area is 198 Å². The molecule has 1 heterocycles. The molecule has 1 aliphatic rings. The smallest absolute Gasteiger partial charge is 0.256 e. The van der Waals surface area contributed by atoms with Gasteiger partial charge in [0, 0.05) is 43.3 Å². The van der Waals surface area contributed by atoms with Gasteiger partial charge in [-0.15, -0.1) is 0 Å². The van der Waals surface area contributed by atoms with Crippen LogP contribution >= 0.6 is 0 Å². The van der Waals surface area contributed by atoms with Crippen LogP contribution in [-0.2, 0) is 19.6 Å². The van der Waals surface area contributed by atoms with Crippen molar-refractivity contribution in [3.63, 3.8) is 0 Å². The average Bonchev–Trinajstić information content (AvgIpc) is 2.82. The summed E-state index contributed by atoms with van der Waals surface area (Å²) < 4.78 is 33.5. The molecule has 2 aromatic carbocycles. The second kappa shape index (κ2) is 11.4. The summed E-state index contributed by atoms with van der Waals surface area (Å²) >= 11 is 0. The number of nitrogens with one attached hydrogen (secondary N) is 1. The van der Waals surface area contributed by atoms with Crippen molar-refractivity contribution in [3.8, 4) is 0 Å². The molecular formula is C22H31N3O8S. The molecule has 0 aromatic heterocycles. The van der Waals surface area contributed by atoms with Gasteiger partial charge in [0.1, 0.15) is 24.4 Å². The number of ether oxygens (including phenoxy) is 1. The SMILES string of the molecule is CN(C)c1cccc2c(S(=O)(=O)NCCC/C=N/O[C@H]3O[C@H](CO)[C@@H](O)[C@H](O)[C@@H]3O)cccc12. The summed E-state index contributed by atoms with van der Waals surface area (Å²) in [6, 6.07) is 10.7. The molecule has 188 valence electrons. The number of unbranched alkanes of at least 4 members (excludes halogenated alkanes) is 1. The monoisotopic (exact) mass is 497 g/mol. The lowest BCUT2D eigenvalue weighted by atomic mass is 9.99. The standard InChI is InChI=1S/C22H31N3O8S/c1-25(2)16-9-5-8-15-14(16)7-6-10-18(15)34(30,31)24-12-4-3-11-23-33-22-21(29)20(28)19(27)17(13-26)32-22/h5-11,17,19-22,24,26-29H,3-4,12-13H2,1-2H3/b23-11+/t17-,19-,20+,21+,22-/m1/s1. The van der Waals surface area contributed by atoms with Gasteiger partial charge in [0.05, 0.1) is 11.5 Å². The van der Waals surface area contributed by atoms with Gasteiger partial charge in [-0.05, 0) is 25.0 Å². The number of hydrogen-bond donors (Lipinski definition) is 5. The van der Waals surface area contributed by atoms with Crippen LogP contribution in [0.4, 0.5) is 5.69 Å². The molecule has 5 N–H and O–H groups in total. The van der Waals surface area contributed by atoms with Crippen molar-refractivity contribution in [2.24, 2.45) is 5.16 Å². The van der Waals surface area contributed by atoms with Gasteiger partial charge in [0.25, 0.3) is 6.29 Å². The largest absolute Gasteiger partial charge is 0.394 e. The fraction of sp³-hybridized carbons (Fsp3) is 0.500. The van der Waals surface area contributed by atoms with Gasteiger partial charge in [-0.25, -0.2) is 13.1 Å². The van der Waals surface area contributed by atoms with Crippen molar-refractivity contribution < 1.29 is 38.4 Å². The molecule has 34 heavy (non-hydrogen) atoms. The third-order valence-corrected chi connectivity index (χ3v) is 7.04. The van der Waals surface area contributed by atoms with E-state index in [1.165, 1.54) is 6.21 Å². The highest BCUT2D eigenvalue weighted by Crippen LogP contribution is 2.30. The quantitative estimate of drug-likeness (QED) is 0.170. The van der Waals surface area contributed by atoms with E-state index in [2.05, 4.69) is 9.88 Å². The number of anilines is 1. The van der Waals surface area contributed by atoms with Crippen LogP contribution in [0.1, 0.15) is 12.8 Å². The zero-order chi connectivity index (χ0) is 24.9. The van der Waals surface area contributed by atoms with Gasteiger partial charge in [-0.1, -0.05) is 29.4 Å². The van der Waals surface area contributed by atoms with Gasteiger partial charge in [0.2, 0.25) is 10.0 Å². The van der Waals surface area contributed by atoms with Crippen molar-refractivity contribution >= 4 is 32.7 Å². The molecule has 0 saturated carbocycles. The first-order valence-electron chi connectivity index (χ1n) is 10.8. The number of rotatable bonds is 10. The summed E-state index contributed by atoms with van der Waals surface area (Å²) in [6.45, 7) is -0.403. The van der Waals surface area contributed by atoms with E-state index in [1.807, 2.05) is 37.2 Å². The summed E-state index contributed by atoms with van der Waals surface area (Å²) in [7, 11) is 0.0602. The molecule has 1 fully saturated rings. The summed E-state index contributed by atoms with van der Waals surface area (Å²) in [5, 5.41) is 43.7. The molecule has 2 aromatic rings. The first kappa shape index (κ1) is 26.3. The molecule has 3 rings (SSSR count). The van der Waals surface area contributed by atoms with Gasteiger partial charge in [-0.3, -0.25) is 0 Å². The lowest BCUT2D eigenvalue weighted by Gasteiger charge is -2.38. The first-order valence-corrected chi connectivity index (χ1v) is 12.3. The van der Waals surface area contributed by atoms with Crippen molar-refractivity contribution in [1.29, 1.82) is 0 Å². The van der Waals surface area contributed by atoms with Crippen LogP contribution in [-0.4, -0.2) is 93.0 Å². The lowest BCUT2D eigenvalue weighted by Crippen LogP contribution is -2.58.